The molecule has 0 spiro atoms. The lowest BCUT2D eigenvalue weighted by Gasteiger charge is -2.32. The third-order valence-corrected chi connectivity index (χ3v) is 6.81. The van der Waals surface area contributed by atoms with E-state index in [-0.39, 0.29) is 18.3 Å². The molecule has 6 rings (SSSR count). The van der Waals surface area contributed by atoms with Gasteiger partial charge in [-0.25, -0.2) is 0 Å². The third-order valence-electron chi connectivity index (χ3n) is 6.81. The van der Waals surface area contributed by atoms with E-state index in [9.17, 15) is 0 Å². The molecule has 4 atom stereocenters. The molecular formula is C25H30N2O4. The average Bonchev–Trinajstić information content (AvgIpc) is 3.60. The summed E-state index contributed by atoms with van der Waals surface area (Å²) in [6.45, 7) is 3.27. The maximum Gasteiger partial charge on any atom is 0.117 e. The predicted octanol–water partition coefficient (Wildman–Crippen LogP) is 1.57. The van der Waals surface area contributed by atoms with Crippen LogP contribution in [-0.4, -0.2) is 50.8 Å². The topological polar surface area (TPSA) is 102 Å². The molecule has 2 aromatic carbocycles. The number of benzene rings is 2. The van der Waals surface area contributed by atoms with Crippen molar-refractivity contribution in [3.8, 4) is 0 Å². The molecule has 4 unspecified atom stereocenters. The molecule has 4 saturated heterocycles. The summed E-state index contributed by atoms with van der Waals surface area (Å²) in [4.78, 5) is 0. The highest BCUT2D eigenvalue weighted by Gasteiger charge is 2.38. The van der Waals surface area contributed by atoms with Crippen LogP contribution in [0, 0.1) is 0 Å². The SMILES string of the molecule is NC(N)(c1ccccc1)c1cc(CC2CO2)c(CC2CO2)c(CC2CO2)c1CC1CO1. The van der Waals surface area contributed by atoms with Crippen LogP contribution in [0.25, 0.3) is 0 Å². The molecule has 0 aromatic heterocycles. The Labute approximate surface area is 182 Å². The average molecular weight is 423 g/mol. The van der Waals surface area contributed by atoms with Crippen LogP contribution in [0.4, 0.5) is 0 Å². The molecule has 4 N–H and O–H groups in total. The highest BCUT2D eigenvalue weighted by molar-refractivity contribution is 5.53. The Morgan fingerprint density at radius 3 is 1.71 bits per heavy atom. The number of ether oxygens (including phenoxy) is 4. The fraction of sp³-hybridized carbons (Fsp3) is 0.520. The van der Waals surface area contributed by atoms with Crippen LogP contribution in [-0.2, 0) is 50.3 Å². The normalized spacial score (nSPS) is 28.5. The van der Waals surface area contributed by atoms with Gasteiger partial charge in [0.15, 0.2) is 0 Å². The van der Waals surface area contributed by atoms with Crippen LogP contribution >= 0.6 is 0 Å². The van der Waals surface area contributed by atoms with Gasteiger partial charge in [0.1, 0.15) is 5.66 Å². The maximum atomic E-state index is 6.90. The van der Waals surface area contributed by atoms with E-state index in [0.29, 0.717) is 6.10 Å². The van der Waals surface area contributed by atoms with Crippen molar-refractivity contribution in [3.63, 3.8) is 0 Å². The van der Waals surface area contributed by atoms with Crippen molar-refractivity contribution in [2.75, 3.05) is 26.4 Å². The Kier molecular flexibility index (Phi) is 4.90. The standard InChI is InChI=1S/C25H30N2O4/c26-25(27,16-4-2-1-3-5-16)24-7-15(6-17-11-28-17)21(8-18-12-29-18)22(9-19-13-30-19)23(24)10-20-14-31-20/h1-5,7,17-20H,6,8-14,26-27H2. The molecule has 164 valence electrons. The molecule has 0 radical (unpaired) electrons. The fourth-order valence-electron chi connectivity index (χ4n) is 4.71. The Morgan fingerprint density at radius 1 is 0.677 bits per heavy atom. The molecule has 0 amide bonds. The minimum Gasteiger partial charge on any atom is -0.373 e. The van der Waals surface area contributed by atoms with E-state index in [4.69, 9.17) is 30.4 Å². The molecule has 6 heteroatoms. The monoisotopic (exact) mass is 422 g/mol. The predicted molar refractivity (Wildman–Crippen MR) is 116 cm³/mol. The van der Waals surface area contributed by atoms with Crippen LogP contribution < -0.4 is 11.5 Å². The van der Waals surface area contributed by atoms with E-state index in [0.717, 1.165) is 63.2 Å². The van der Waals surface area contributed by atoms with E-state index in [1.807, 2.05) is 30.3 Å². The van der Waals surface area contributed by atoms with Gasteiger partial charge in [-0.3, -0.25) is 0 Å². The number of hydrogen-bond donors (Lipinski definition) is 2. The molecule has 0 bridgehead atoms. The minimum absolute atomic E-state index is 0.242. The highest BCUT2D eigenvalue weighted by atomic mass is 16.6. The van der Waals surface area contributed by atoms with Gasteiger partial charge in [0.2, 0.25) is 0 Å². The van der Waals surface area contributed by atoms with Crippen LogP contribution in [0.5, 0.6) is 0 Å². The zero-order chi connectivity index (χ0) is 21.0. The van der Waals surface area contributed by atoms with Gasteiger partial charge in [0.25, 0.3) is 0 Å². The maximum absolute atomic E-state index is 6.90. The second-order valence-electron chi connectivity index (χ2n) is 9.39. The van der Waals surface area contributed by atoms with E-state index >= 15 is 0 Å². The van der Waals surface area contributed by atoms with Gasteiger partial charge in [-0.15, -0.1) is 0 Å². The first-order valence-corrected chi connectivity index (χ1v) is 11.3. The van der Waals surface area contributed by atoms with Gasteiger partial charge < -0.3 is 30.4 Å². The van der Waals surface area contributed by atoms with Crippen LogP contribution in [0.1, 0.15) is 33.4 Å². The van der Waals surface area contributed by atoms with Crippen molar-refractivity contribution in [1.29, 1.82) is 0 Å². The van der Waals surface area contributed by atoms with Crippen LogP contribution in [0.3, 0.4) is 0 Å². The highest BCUT2D eigenvalue weighted by Crippen LogP contribution is 2.38. The molecule has 0 saturated carbocycles. The molecule has 0 aliphatic carbocycles. The number of rotatable bonds is 10. The van der Waals surface area contributed by atoms with Crippen molar-refractivity contribution in [2.24, 2.45) is 11.5 Å². The summed E-state index contributed by atoms with van der Waals surface area (Å²) in [6, 6.07) is 12.2. The summed E-state index contributed by atoms with van der Waals surface area (Å²) < 4.78 is 22.5. The largest absolute Gasteiger partial charge is 0.373 e. The van der Waals surface area contributed by atoms with Crippen molar-refractivity contribution in [1.82, 2.24) is 0 Å². The van der Waals surface area contributed by atoms with Crippen LogP contribution in [0.15, 0.2) is 36.4 Å². The minimum atomic E-state index is -1.08. The molecule has 2 aromatic rings. The Hall–Kier alpha value is -1.80. The van der Waals surface area contributed by atoms with Crippen LogP contribution in [0.2, 0.25) is 0 Å². The lowest BCUT2D eigenvalue weighted by atomic mass is 9.79. The van der Waals surface area contributed by atoms with Crippen molar-refractivity contribution in [3.05, 3.63) is 69.8 Å². The van der Waals surface area contributed by atoms with Gasteiger partial charge in [0.05, 0.1) is 50.8 Å². The van der Waals surface area contributed by atoms with Gasteiger partial charge in [-0.1, -0.05) is 36.4 Å². The van der Waals surface area contributed by atoms with E-state index < -0.39 is 5.66 Å². The van der Waals surface area contributed by atoms with Gasteiger partial charge in [-0.05, 0) is 33.4 Å². The second kappa shape index (κ2) is 7.66. The van der Waals surface area contributed by atoms with Crippen molar-refractivity contribution < 1.29 is 18.9 Å². The molecule has 6 nitrogen and oxygen atoms in total. The Balaban J connectivity index is 1.52. The van der Waals surface area contributed by atoms with E-state index in [1.165, 1.54) is 22.3 Å². The second-order valence-corrected chi connectivity index (χ2v) is 9.39. The number of nitrogens with two attached hydrogens (primary N) is 2. The molecule has 4 aliphatic rings. The molecule has 4 aliphatic heterocycles. The summed E-state index contributed by atoms with van der Waals surface area (Å²) in [5, 5.41) is 0. The van der Waals surface area contributed by atoms with Gasteiger partial charge in [-0.2, -0.15) is 0 Å². The van der Waals surface area contributed by atoms with Gasteiger partial charge >= 0.3 is 0 Å². The first kappa shape index (κ1) is 19.9. The lowest BCUT2D eigenvalue weighted by molar-refractivity contribution is 0.394. The molecule has 4 fully saturated rings. The lowest BCUT2D eigenvalue weighted by Crippen LogP contribution is -2.48. The van der Waals surface area contributed by atoms with E-state index in [1.54, 1.807) is 0 Å². The zero-order valence-corrected chi connectivity index (χ0v) is 17.7. The summed E-state index contributed by atoms with van der Waals surface area (Å²) >= 11 is 0. The van der Waals surface area contributed by atoms with Gasteiger partial charge in [0, 0.05) is 25.7 Å². The molecular weight excluding hydrogens is 392 g/mol. The molecule has 4 heterocycles. The van der Waals surface area contributed by atoms with Crippen molar-refractivity contribution in [2.45, 2.75) is 55.8 Å². The van der Waals surface area contributed by atoms with E-state index in [2.05, 4.69) is 6.07 Å². The number of epoxide rings is 4. The summed E-state index contributed by atoms with van der Waals surface area (Å²) in [7, 11) is 0. The Bertz CT molecular complexity index is 961. The fourth-order valence-corrected chi connectivity index (χ4v) is 4.71. The summed E-state index contributed by atoms with van der Waals surface area (Å²) in [5.41, 5.74) is 19.9. The molecule has 31 heavy (non-hydrogen) atoms. The number of hydrogen-bond acceptors (Lipinski definition) is 6. The quantitative estimate of drug-likeness (QED) is 0.445. The smallest absolute Gasteiger partial charge is 0.117 e. The first-order chi connectivity index (χ1) is 15.1. The summed E-state index contributed by atoms with van der Waals surface area (Å²) in [6.07, 6.45) is 4.65. The van der Waals surface area contributed by atoms with Crippen molar-refractivity contribution >= 4 is 0 Å². The first-order valence-electron chi connectivity index (χ1n) is 11.3. The zero-order valence-electron chi connectivity index (χ0n) is 17.7. The Morgan fingerprint density at radius 2 is 1.16 bits per heavy atom. The third kappa shape index (κ3) is 4.42. The summed E-state index contributed by atoms with van der Waals surface area (Å²) in [5.74, 6) is 0.